The van der Waals surface area contributed by atoms with Crippen molar-refractivity contribution >= 4 is 27.5 Å². The lowest BCUT2D eigenvalue weighted by Gasteiger charge is -2.31. The summed E-state index contributed by atoms with van der Waals surface area (Å²) < 4.78 is 12.4. The van der Waals surface area contributed by atoms with Crippen molar-refractivity contribution in [3.63, 3.8) is 0 Å². The van der Waals surface area contributed by atoms with Crippen molar-refractivity contribution in [3.8, 4) is 10.9 Å². The molecular weight excluding hydrogens is 350 g/mol. The Kier molecular flexibility index (Phi) is 4.71. The molecule has 6 nitrogen and oxygen atoms in total. The number of pyridine rings is 1. The van der Waals surface area contributed by atoms with Crippen molar-refractivity contribution in [2.45, 2.75) is 18.9 Å². The second kappa shape index (κ2) is 7.29. The van der Waals surface area contributed by atoms with Crippen LogP contribution in [0.4, 0.5) is 0 Å². The van der Waals surface area contributed by atoms with Crippen LogP contribution in [0.2, 0.25) is 0 Å². The molecule has 134 valence electrons. The summed E-state index contributed by atoms with van der Waals surface area (Å²) in [4.78, 5) is 22.9. The molecule has 0 unspecified atom stereocenters. The summed E-state index contributed by atoms with van der Waals surface area (Å²) in [7, 11) is 1.64. The topological polar surface area (TPSA) is 64.6 Å². The number of amides is 1. The second-order valence-electron chi connectivity index (χ2n) is 6.16. The predicted molar refractivity (Wildman–Crippen MR) is 100.0 cm³/mol. The van der Waals surface area contributed by atoms with Gasteiger partial charge in [0.25, 0.3) is 11.1 Å². The maximum Gasteiger partial charge on any atom is 0.274 e. The number of rotatable bonds is 4. The minimum atomic E-state index is 0.0311. The molecule has 0 spiro atoms. The number of methoxy groups -OCH3 is 1. The Bertz CT molecular complexity index is 905. The number of likely N-dealkylation sites (tertiary alicyclic amines) is 1. The largest absolute Gasteiger partial charge is 0.497 e. The Balaban J connectivity index is 1.37. The van der Waals surface area contributed by atoms with Crippen LogP contribution in [-0.4, -0.2) is 47.1 Å². The molecule has 0 radical (unpaired) electrons. The number of thiazole rings is 1. The molecule has 1 aliphatic rings. The van der Waals surface area contributed by atoms with Crippen LogP contribution >= 0.6 is 11.3 Å². The zero-order chi connectivity index (χ0) is 17.9. The first-order valence-corrected chi connectivity index (χ1v) is 9.35. The molecule has 1 fully saturated rings. The molecular formula is C19H19N3O3S. The molecule has 0 aliphatic carbocycles. The normalized spacial score (nSPS) is 15.2. The van der Waals surface area contributed by atoms with Gasteiger partial charge in [-0.25, -0.2) is 4.98 Å². The van der Waals surface area contributed by atoms with E-state index in [2.05, 4.69) is 9.97 Å². The summed E-state index contributed by atoms with van der Waals surface area (Å²) in [6.45, 7) is 1.36. The Labute approximate surface area is 155 Å². The van der Waals surface area contributed by atoms with E-state index in [-0.39, 0.29) is 12.0 Å². The van der Waals surface area contributed by atoms with Gasteiger partial charge < -0.3 is 14.4 Å². The molecule has 1 saturated heterocycles. The molecule has 2 aromatic heterocycles. The van der Waals surface area contributed by atoms with Gasteiger partial charge >= 0.3 is 0 Å². The molecule has 1 amide bonds. The molecule has 3 heterocycles. The van der Waals surface area contributed by atoms with E-state index in [1.165, 1.54) is 11.3 Å². The maximum absolute atomic E-state index is 12.5. The Hall–Kier alpha value is -2.67. The fourth-order valence-electron chi connectivity index (χ4n) is 3.05. The average molecular weight is 369 g/mol. The van der Waals surface area contributed by atoms with Crippen LogP contribution in [0.15, 0.2) is 42.7 Å². The lowest BCUT2D eigenvalue weighted by molar-refractivity contribution is 0.0595. The van der Waals surface area contributed by atoms with Gasteiger partial charge in [-0.15, -0.1) is 0 Å². The zero-order valence-corrected chi connectivity index (χ0v) is 15.2. The summed E-state index contributed by atoms with van der Waals surface area (Å²) in [6, 6.07) is 9.41. The number of fused-ring (bicyclic) bond motifs is 1. The van der Waals surface area contributed by atoms with Gasteiger partial charge in [-0.1, -0.05) is 11.3 Å². The lowest BCUT2D eigenvalue weighted by atomic mass is 10.1. The highest BCUT2D eigenvalue weighted by molar-refractivity contribution is 7.20. The minimum Gasteiger partial charge on any atom is -0.497 e. The standard InChI is InChI=1S/C19H19N3O3S/c1-24-15-4-5-17-16(11-15)21-19(26-17)25-14-6-9-22(10-7-14)18(23)13-3-2-8-20-12-13/h2-5,8,11-12,14H,6-7,9-10H2,1H3. The van der Waals surface area contributed by atoms with Crippen LogP contribution in [0.5, 0.6) is 10.9 Å². The van der Waals surface area contributed by atoms with Crippen molar-refractivity contribution in [1.82, 2.24) is 14.9 Å². The van der Waals surface area contributed by atoms with Crippen LogP contribution in [0.1, 0.15) is 23.2 Å². The summed E-state index contributed by atoms with van der Waals surface area (Å²) in [5.41, 5.74) is 1.51. The van der Waals surface area contributed by atoms with Crippen LogP contribution < -0.4 is 9.47 Å². The Morgan fingerprint density at radius 1 is 1.27 bits per heavy atom. The third-order valence-corrected chi connectivity index (χ3v) is 5.41. The average Bonchev–Trinajstić information content (AvgIpc) is 3.10. The van der Waals surface area contributed by atoms with E-state index in [1.54, 1.807) is 31.6 Å². The highest BCUT2D eigenvalue weighted by Gasteiger charge is 2.25. The number of hydrogen-bond acceptors (Lipinski definition) is 6. The third-order valence-electron chi connectivity index (χ3n) is 4.48. The Morgan fingerprint density at radius 3 is 2.85 bits per heavy atom. The Morgan fingerprint density at radius 2 is 2.12 bits per heavy atom. The predicted octanol–water partition coefficient (Wildman–Crippen LogP) is 3.38. The van der Waals surface area contributed by atoms with Crippen molar-refractivity contribution < 1.29 is 14.3 Å². The zero-order valence-electron chi connectivity index (χ0n) is 14.4. The molecule has 1 aromatic carbocycles. The summed E-state index contributed by atoms with van der Waals surface area (Å²) in [5, 5.41) is 0.672. The molecule has 4 rings (SSSR count). The highest BCUT2D eigenvalue weighted by Crippen LogP contribution is 2.32. The van der Waals surface area contributed by atoms with Gasteiger partial charge in [0.2, 0.25) is 0 Å². The van der Waals surface area contributed by atoms with Crippen LogP contribution in [-0.2, 0) is 0 Å². The third kappa shape index (κ3) is 3.48. The van der Waals surface area contributed by atoms with Crippen molar-refractivity contribution in [2.24, 2.45) is 0 Å². The van der Waals surface area contributed by atoms with Crippen LogP contribution in [0.3, 0.4) is 0 Å². The fraction of sp³-hybridized carbons (Fsp3) is 0.316. The van der Waals surface area contributed by atoms with Gasteiger partial charge in [0, 0.05) is 44.4 Å². The molecule has 0 atom stereocenters. The number of nitrogens with zero attached hydrogens (tertiary/aromatic N) is 3. The van der Waals surface area contributed by atoms with E-state index >= 15 is 0 Å². The van der Waals surface area contributed by atoms with Gasteiger partial charge in [0.05, 0.1) is 22.9 Å². The summed E-state index contributed by atoms with van der Waals surface area (Å²) in [5.74, 6) is 0.820. The van der Waals surface area contributed by atoms with Gasteiger partial charge in [0.1, 0.15) is 11.9 Å². The molecule has 0 bridgehead atoms. The molecule has 0 saturated carbocycles. The highest BCUT2D eigenvalue weighted by atomic mass is 32.1. The van der Waals surface area contributed by atoms with E-state index in [1.807, 2.05) is 23.1 Å². The van der Waals surface area contributed by atoms with Crippen LogP contribution in [0, 0.1) is 0 Å². The first kappa shape index (κ1) is 16.8. The van der Waals surface area contributed by atoms with Gasteiger partial charge in [0.15, 0.2) is 0 Å². The maximum atomic E-state index is 12.5. The quantitative estimate of drug-likeness (QED) is 0.705. The molecule has 7 heteroatoms. The summed E-state index contributed by atoms with van der Waals surface area (Å²) in [6.07, 6.45) is 4.96. The van der Waals surface area contributed by atoms with Gasteiger partial charge in [-0.05, 0) is 24.3 Å². The first-order valence-electron chi connectivity index (χ1n) is 8.53. The fourth-order valence-corrected chi connectivity index (χ4v) is 3.92. The molecule has 0 N–H and O–H groups in total. The number of aromatic nitrogens is 2. The van der Waals surface area contributed by atoms with E-state index in [0.717, 1.165) is 28.8 Å². The minimum absolute atomic E-state index is 0.0311. The van der Waals surface area contributed by atoms with E-state index in [9.17, 15) is 4.79 Å². The van der Waals surface area contributed by atoms with E-state index < -0.39 is 0 Å². The second-order valence-corrected chi connectivity index (χ2v) is 7.16. The van der Waals surface area contributed by atoms with Crippen molar-refractivity contribution in [1.29, 1.82) is 0 Å². The summed E-state index contributed by atoms with van der Waals surface area (Å²) >= 11 is 1.54. The number of hydrogen-bond donors (Lipinski definition) is 0. The molecule has 3 aromatic rings. The number of carbonyl (C=O) groups excluding carboxylic acids is 1. The van der Waals surface area contributed by atoms with Gasteiger partial charge in [-0.3, -0.25) is 9.78 Å². The van der Waals surface area contributed by atoms with Gasteiger partial charge in [-0.2, -0.15) is 0 Å². The molecule has 1 aliphatic heterocycles. The van der Waals surface area contributed by atoms with Crippen molar-refractivity contribution in [2.75, 3.05) is 20.2 Å². The number of benzene rings is 1. The first-order chi connectivity index (χ1) is 12.7. The number of piperidine rings is 1. The van der Waals surface area contributed by atoms with E-state index in [0.29, 0.717) is 23.8 Å². The monoisotopic (exact) mass is 369 g/mol. The van der Waals surface area contributed by atoms with E-state index in [4.69, 9.17) is 9.47 Å². The molecule has 26 heavy (non-hydrogen) atoms. The lowest BCUT2D eigenvalue weighted by Crippen LogP contribution is -2.41. The van der Waals surface area contributed by atoms with Crippen molar-refractivity contribution in [3.05, 3.63) is 48.3 Å². The SMILES string of the molecule is COc1ccc2sc(OC3CCN(C(=O)c4cccnc4)CC3)nc2c1. The number of carbonyl (C=O) groups is 1. The number of ether oxygens (including phenoxy) is 2. The smallest absolute Gasteiger partial charge is 0.274 e. The van der Waals surface area contributed by atoms with Crippen LogP contribution in [0.25, 0.3) is 10.2 Å².